The van der Waals surface area contributed by atoms with Gasteiger partial charge in [0.15, 0.2) is 0 Å². The van der Waals surface area contributed by atoms with Crippen molar-refractivity contribution in [1.29, 1.82) is 0 Å². The molecular weight excluding hydrogens is 769 g/mol. The van der Waals surface area contributed by atoms with Gasteiger partial charge in [-0.3, -0.25) is 0 Å². The van der Waals surface area contributed by atoms with Gasteiger partial charge < -0.3 is 24.8 Å². The van der Waals surface area contributed by atoms with Crippen molar-refractivity contribution in [2.24, 2.45) is 0 Å². The third-order valence-electron chi connectivity index (χ3n) is 8.08. The molecule has 0 radical (unpaired) electrons. The van der Waals surface area contributed by atoms with Crippen LogP contribution in [0.15, 0.2) is 109 Å². The van der Waals surface area contributed by atoms with Crippen LogP contribution < -0.4 is 24.8 Å². The molecule has 264 valence electrons. The number of fused-ring (bicyclic) bond motifs is 3. The van der Waals surface area contributed by atoms with Gasteiger partial charge in [0.2, 0.25) is 0 Å². The molecule has 0 atom stereocenters. The van der Waals surface area contributed by atoms with Gasteiger partial charge in [0.1, 0.15) is 0 Å². The van der Waals surface area contributed by atoms with Crippen LogP contribution in [0.25, 0.3) is 11.1 Å². The minimum Gasteiger partial charge on any atom is -1.00 e. The van der Waals surface area contributed by atoms with Crippen molar-refractivity contribution >= 4 is 3.21 Å². The minimum atomic E-state index is -4.41. The maximum absolute atomic E-state index is 12.5. The van der Waals surface area contributed by atoms with Crippen molar-refractivity contribution in [3.8, 4) is 11.1 Å². The van der Waals surface area contributed by atoms with Gasteiger partial charge >= 0.3 is 137 Å². The molecular formula is C41H38Cl2F6Zr-2. The van der Waals surface area contributed by atoms with Crippen LogP contribution in [0.4, 0.5) is 26.3 Å². The Hall–Kier alpha value is -2.86. The third kappa shape index (κ3) is 11.3. The number of alkyl halides is 6. The Morgan fingerprint density at radius 3 is 1.40 bits per heavy atom. The molecule has 1 aliphatic rings. The standard InChI is InChI=1S/C21H25.C15H8F6.C5H5.2ClH.Zr/c1-20(2,3)16-9-7-14-11-15-8-10-17(21(4,5)6)13-19(15)18(14)12-16;16-14(17,18)12-5-1-10(2-6-12)9-11-3-7-13(8-4-11)15(19,20)21;1-2-4-5-3-1;;;/h7,9-10,12-13H,11H2,1-6H3;1-8H;1-5H;2*1H;/q-1;;-1;;;+2/p-2. The van der Waals surface area contributed by atoms with E-state index in [1.807, 2.05) is 30.3 Å². The maximum atomic E-state index is 12.5. The monoisotopic (exact) mass is 804 g/mol. The molecule has 5 aromatic carbocycles. The topological polar surface area (TPSA) is 0 Å². The first-order valence-corrected chi connectivity index (χ1v) is 16.8. The maximum Gasteiger partial charge on any atom is -0.172 e. The Kier molecular flexibility index (Phi) is 14.8. The summed E-state index contributed by atoms with van der Waals surface area (Å²) in [5, 5.41) is 0. The molecule has 1 aliphatic carbocycles. The second-order valence-corrected chi connectivity index (χ2v) is 15.0. The largest absolute Gasteiger partial charge is 1.00 e. The van der Waals surface area contributed by atoms with Gasteiger partial charge in [-0.05, 0) is 17.4 Å². The van der Waals surface area contributed by atoms with Gasteiger partial charge in [0, 0.05) is 0 Å². The van der Waals surface area contributed by atoms with E-state index in [2.05, 4.69) is 77.9 Å². The van der Waals surface area contributed by atoms with Gasteiger partial charge in [-0.25, -0.2) is 12.1 Å². The van der Waals surface area contributed by atoms with Gasteiger partial charge in [-0.1, -0.05) is 76.3 Å². The number of hydrogen-bond acceptors (Lipinski definition) is 0. The van der Waals surface area contributed by atoms with E-state index in [1.54, 1.807) is 0 Å². The van der Waals surface area contributed by atoms with E-state index in [1.165, 1.54) is 57.6 Å². The first kappa shape index (κ1) is 43.3. The molecule has 0 unspecified atom stereocenters. The molecule has 0 saturated carbocycles. The Morgan fingerprint density at radius 2 is 1.02 bits per heavy atom. The minimum absolute atomic E-state index is 0. The second kappa shape index (κ2) is 17.1. The molecule has 0 spiro atoms. The molecule has 0 aromatic heterocycles. The summed E-state index contributed by atoms with van der Waals surface area (Å²) in [6, 6.07) is 34.2. The molecule has 0 aliphatic heterocycles. The summed E-state index contributed by atoms with van der Waals surface area (Å²) in [6.45, 7) is 13.6. The fraction of sp³-hybridized carbons (Fsp3) is 0.268. The number of benzene rings is 4. The predicted molar refractivity (Wildman–Crippen MR) is 179 cm³/mol. The van der Waals surface area contributed by atoms with Crippen LogP contribution in [-0.4, -0.2) is 3.21 Å². The molecule has 0 bridgehead atoms. The molecule has 0 saturated heterocycles. The zero-order valence-corrected chi connectivity index (χ0v) is 32.6. The van der Waals surface area contributed by atoms with Gasteiger partial charge in [0.05, 0.1) is 0 Å². The van der Waals surface area contributed by atoms with Crippen LogP contribution in [0.1, 0.15) is 86.1 Å². The summed E-state index contributed by atoms with van der Waals surface area (Å²) >= 11 is 0.898. The molecule has 50 heavy (non-hydrogen) atoms. The summed E-state index contributed by atoms with van der Waals surface area (Å²) in [5.41, 5.74) is 8.37. The molecule has 0 fully saturated rings. The number of rotatable bonds is 2. The van der Waals surface area contributed by atoms with E-state index >= 15 is 0 Å². The normalized spacial score (nSPS) is 12.1. The summed E-state index contributed by atoms with van der Waals surface area (Å²) in [6.07, 6.45) is -7.79. The molecule has 0 N–H and O–H groups in total. The summed E-state index contributed by atoms with van der Waals surface area (Å²) in [7, 11) is 0. The SMILES string of the molecule is CC(C)(C)c1c[c-]c2c(c1)-c1cc(C(C)(C)C)ccc1C2.FC(F)(F)c1ccc([C](=[Zr+2])c2ccc(C(F)(F)F)cc2)cc1.[Cl-].[Cl-].c1cc[cH-]c1. The van der Waals surface area contributed by atoms with E-state index in [4.69, 9.17) is 0 Å². The Morgan fingerprint density at radius 1 is 0.600 bits per heavy atom. The zero-order valence-electron chi connectivity index (χ0n) is 28.6. The molecule has 0 heterocycles. The van der Waals surface area contributed by atoms with Crippen LogP contribution in [0.5, 0.6) is 0 Å². The van der Waals surface area contributed by atoms with Crippen LogP contribution in [0, 0.1) is 6.07 Å². The number of halogens is 8. The van der Waals surface area contributed by atoms with Crippen LogP contribution in [0.2, 0.25) is 0 Å². The van der Waals surface area contributed by atoms with Crippen molar-refractivity contribution in [3.05, 3.63) is 160 Å². The molecule has 5 aromatic rings. The average molecular weight is 807 g/mol. The number of hydrogen-bond donors (Lipinski definition) is 0. The average Bonchev–Trinajstić information content (AvgIpc) is 3.71. The van der Waals surface area contributed by atoms with Crippen molar-refractivity contribution in [2.75, 3.05) is 0 Å². The first-order chi connectivity index (χ1) is 22.2. The quantitative estimate of drug-likeness (QED) is 0.151. The third-order valence-corrected chi connectivity index (χ3v) is 9.50. The van der Waals surface area contributed by atoms with Crippen molar-refractivity contribution < 1.29 is 75.4 Å². The van der Waals surface area contributed by atoms with E-state index in [0.717, 1.165) is 54.9 Å². The van der Waals surface area contributed by atoms with E-state index in [9.17, 15) is 26.3 Å². The second-order valence-electron chi connectivity index (χ2n) is 13.8. The van der Waals surface area contributed by atoms with Crippen LogP contribution >= 0.6 is 0 Å². The Labute approximate surface area is 318 Å². The van der Waals surface area contributed by atoms with E-state index in [-0.39, 0.29) is 35.6 Å². The smallest absolute Gasteiger partial charge is 0.172 e. The summed E-state index contributed by atoms with van der Waals surface area (Å²) < 4.78 is 75.6. The zero-order chi connectivity index (χ0) is 35.5. The summed E-state index contributed by atoms with van der Waals surface area (Å²) in [4.78, 5) is 0. The molecule has 6 rings (SSSR count). The molecule has 0 nitrogen and oxygen atoms in total. The fourth-order valence-electron chi connectivity index (χ4n) is 5.12. The first-order valence-electron chi connectivity index (χ1n) is 15.5. The summed E-state index contributed by atoms with van der Waals surface area (Å²) in [5.74, 6) is 0. The predicted octanol–water partition coefficient (Wildman–Crippen LogP) is 5.91. The fourth-order valence-corrected chi connectivity index (χ4v) is 5.94. The van der Waals surface area contributed by atoms with E-state index < -0.39 is 23.5 Å². The van der Waals surface area contributed by atoms with E-state index in [0.29, 0.717) is 14.3 Å². The molecule has 0 amide bonds. The Bertz CT molecular complexity index is 1690. The van der Waals surface area contributed by atoms with Gasteiger partial charge in [-0.15, -0.1) is 5.56 Å². The van der Waals surface area contributed by atoms with Crippen LogP contribution in [0.3, 0.4) is 0 Å². The van der Waals surface area contributed by atoms with Crippen molar-refractivity contribution in [2.45, 2.75) is 71.1 Å². The molecule has 9 heteroatoms. The van der Waals surface area contributed by atoms with Gasteiger partial charge in [0.25, 0.3) is 0 Å². The Balaban J connectivity index is 0.000000293. The van der Waals surface area contributed by atoms with Crippen molar-refractivity contribution in [3.63, 3.8) is 0 Å². The van der Waals surface area contributed by atoms with Crippen molar-refractivity contribution in [1.82, 2.24) is 0 Å². The van der Waals surface area contributed by atoms with Crippen LogP contribution in [-0.2, 0) is 53.8 Å². The van der Waals surface area contributed by atoms with Gasteiger partial charge in [-0.2, -0.15) is 47.5 Å².